The van der Waals surface area contributed by atoms with Crippen molar-refractivity contribution in [3.63, 3.8) is 0 Å². The summed E-state index contributed by atoms with van der Waals surface area (Å²) in [5.74, 6) is 0.585. The molecule has 9 aromatic rings. The van der Waals surface area contributed by atoms with Gasteiger partial charge in [0.1, 0.15) is 11.2 Å². The second-order valence-corrected chi connectivity index (χ2v) is 16.7. The van der Waals surface area contributed by atoms with Gasteiger partial charge in [-0.25, -0.2) is 0 Å². The maximum Gasteiger partial charge on any atom is 0.136 e. The summed E-state index contributed by atoms with van der Waals surface area (Å²) < 4.78 is 6.45. The summed E-state index contributed by atoms with van der Waals surface area (Å²) in [6.07, 6.45) is 6.48. The first-order chi connectivity index (χ1) is 28.0. The topological polar surface area (TPSA) is 16.4 Å². The number of furan rings is 1. The molecule has 1 fully saturated rings. The van der Waals surface area contributed by atoms with Crippen LogP contribution in [-0.2, 0) is 5.41 Å². The zero-order valence-electron chi connectivity index (χ0n) is 32.6. The van der Waals surface area contributed by atoms with Crippen molar-refractivity contribution in [1.29, 1.82) is 0 Å². The molecule has 0 N–H and O–H groups in total. The Hall–Kier alpha value is -6.38. The maximum absolute atomic E-state index is 6.45. The first kappa shape index (κ1) is 33.9. The molecule has 57 heavy (non-hydrogen) atoms. The van der Waals surface area contributed by atoms with Crippen LogP contribution in [0.15, 0.2) is 174 Å². The van der Waals surface area contributed by atoms with E-state index in [1.54, 1.807) is 0 Å². The number of rotatable bonds is 6. The largest absolute Gasteiger partial charge is 0.456 e. The van der Waals surface area contributed by atoms with E-state index < -0.39 is 0 Å². The molecular formula is C55H45NO. The molecule has 1 aromatic heterocycles. The lowest BCUT2D eigenvalue weighted by molar-refractivity contribution is 0.445. The van der Waals surface area contributed by atoms with Gasteiger partial charge in [0.25, 0.3) is 0 Å². The van der Waals surface area contributed by atoms with Gasteiger partial charge in [-0.15, -0.1) is 0 Å². The third kappa shape index (κ3) is 5.46. The van der Waals surface area contributed by atoms with Gasteiger partial charge in [0.05, 0.1) is 11.4 Å². The highest BCUT2D eigenvalue weighted by atomic mass is 16.3. The van der Waals surface area contributed by atoms with Gasteiger partial charge < -0.3 is 9.32 Å². The number of fused-ring (bicyclic) bond motifs is 7. The Kier molecular flexibility index (Phi) is 7.96. The molecule has 0 bridgehead atoms. The Balaban J connectivity index is 1.16. The van der Waals surface area contributed by atoms with E-state index in [4.69, 9.17) is 4.42 Å². The van der Waals surface area contributed by atoms with Crippen molar-refractivity contribution in [2.45, 2.75) is 57.3 Å². The minimum absolute atomic E-state index is 0.135. The standard InChI is InChI=1S/C55H45NO/c1-55(2)48-26-10-6-21-42(48)43-33-31-39(35-49(43)55)56(50-27-11-7-20-40(50)38-30-32-46-45-23-9-13-29-52(45)57-53(46)34-38)51-28-12-8-22-44(51)47-25-15-19-37-18-14-24-41(54(37)47)36-16-4-3-5-17-36/h6-15,18-36H,3-5,16-17H2,1-2H3. The number of anilines is 3. The third-order valence-corrected chi connectivity index (χ3v) is 13.1. The van der Waals surface area contributed by atoms with Crippen LogP contribution in [0.3, 0.4) is 0 Å². The van der Waals surface area contributed by atoms with Crippen molar-refractivity contribution in [3.8, 4) is 33.4 Å². The molecule has 0 radical (unpaired) electrons. The third-order valence-electron chi connectivity index (χ3n) is 13.1. The van der Waals surface area contributed by atoms with Gasteiger partial charge in [-0.3, -0.25) is 0 Å². The van der Waals surface area contributed by atoms with E-state index >= 15 is 0 Å². The van der Waals surface area contributed by atoms with Crippen LogP contribution in [0.25, 0.3) is 66.1 Å². The van der Waals surface area contributed by atoms with Crippen LogP contribution >= 0.6 is 0 Å². The van der Waals surface area contributed by atoms with Crippen molar-refractivity contribution in [2.75, 3.05) is 4.90 Å². The van der Waals surface area contributed by atoms with Crippen molar-refractivity contribution >= 4 is 49.8 Å². The van der Waals surface area contributed by atoms with Crippen LogP contribution in [0.1, 0.15) is 68.6 Å². The van der Waals surface area contributed by atoms with Gasteiger partial charge in [-0.05, 0) is 111 Å². The minimum atomic E-state index is -0.135. The molecule has 2 heteroatoms. The summed E-state index contributed by atoms with van der Waals surface area (Å²) in [6.45, 7) is 4.75. The van der Waals surface area contributed by atoms with E-state index in [0.29, 0.717) is 5.92 Å². The van der Waals surface area contributed by atoms with Crippen molar-refractivity contribution < 1.29 is 4.42 Å². The van der Waals surface area contributed by atoms with Crippen molar-refractivity contribution in [3.05, 3.63) is 187 Å². The zero-order chi connectivity index (χ0) is 38.1. The molecule has 0 amide bonds. The van der Waals surface area contributed by atoms with Crippen LogP contribution in [-0.4, -0.2) is 0 Å². The summed E-state index contributed by atoms with van der Waals surface area (Å²) in [4.78, 5) is 2.52. The summed E-state index contributed by atoms with van der Waals surface area (Å²) in [5, 5.41) is 4.99. The highest BCUT2D eigenvalue weighted by Gasteiger charge is 2.36. The normalized spacial score (nSPS) is 14.9. The molecule has 0 atom stereocenters. The summed E-state index contributed by atoms with van der Waals surface area (Å²) in [5.41, 5.74) is 16.8. The molecule has 1 saturated carbocycles. The fourth-order valence-corrected chi connectivity index (χ4v) is 10.3. The molecule has 2 aliphatic rings. The molecule has 2 nitrogen and oxygen atoms in total. The lowest BCUT2D eigenvalue weighted by Gasteiger charge is -2.32. The molecule has 0 saturated heterocycles. The molecule has 11 rings (SSSR count). The fraction of sp³-hybridized carbons (Fsp3) is 0.164. The Labute approximate surface area is 335 Å². The SMILES string of the molecule is CC1(C)c2ccccc2-c2ccc(N(c3ccccc3-c3ccc4c(c3)oc3ccccc34)c3ccccc3-c3cccc4cccc(C5CCCCC5)c34)cc21. The van der Waals surface area contributed by atoms with Gasteiger partial charge in [0, 0.05) is 33.0 Å². The first-order valence-electron chi connectivity index (χ1n) is 20.7. The molecule has 0 spiro atoms. The molecule has 276 valence electrons. The van der Waals surface area contributed by atoms with E-state index in [2.05, 4.69) is 183 Å². The Morgan fingerprint density at radius 1 is 0.491 bits per heavy atom. The smallest absolute Gasteiger partial charge is 0.136 e. The highest BCUT2D eigenvalue weighted by molar-refractivity contribution is 6.07. The maximum atomic E-state index is 6.45. The van der Waals surface area contributed by atoms with E-state index in [1.807, 2.05) is 6.07 Å². The second-order valence-electron chi connectivity index (χ2n) is 16.7. The van der Waals surface area contributed by atoms with Gasteiger partial charge in [0.15, 0.2) is 0 Å². The Morgan fingerprint density at radius 2 is 1.14 bits per heavy atom. The number of para-hydroxylation sites is 3. The first-order valence-corrected chi connectivity index (χ1v) is 20.7. The fourth-order valence-electron chi connectivity index (χ4n) is 10.3. The van der Waals surface area contributed by atoms with Crippen LogP contribution in [0.4, 0.5) is 17.1 Å². The number of hydrogen-bond acceptors (Lipinski definition) is 2. The number of hydrogen-bond donors (Lipinski definition) is 0. The lowest BCUT2D eigenvalue weighted by atomic mass is 9.80. The van der Waals surface area contributed by atoms with Crippen LogP contribution in [0, 0.1) is 0 Å². The highest BCUT2D eigenvalue weighted by Crippen LogP contribution is 2.53. The van der Waals surface area contributed by atoms with Gasteiger partial charge in [-0.2, -0.15) is 0 Å². The lowest BCUT2D eigenvalue weighted by Crippen LogP contribution is -2.17. The van der Waals surface area contributed by atoms with E-state index in [0.717, 1.165) is 50.1 Å². The number of nitrogens with zero attached hydrogens (tertiary/aromatic N) is 1. The molecular weight excluding hydrogens is 691 g/mol. The van der Waals surface area contributed by atoms with Crippen LogP contribution in [0.2, 0.25) is 0 Å². The summed E-state index contributed by atoms with van der Waals surface area (Å²) in [7, 11) is 0. The molecule has 0 aliphatic heterocycles. The van der Waals surface area contributed by atoms with Crippen molar-refractivity contribution in [2.24, 2.45) is 0 Å². The van der Waals surface area contributed by atoms with Gasteiger partial charge >= 0.3 is 0 Å². The minimum Gasteiger partial charge on any atom is -0.456 e. The van der Waals surface area contributed by atoms with Crippen molar-refractivity contribution in [1.82, 2.24) is 0 Å². The average Bonchev–Trinajstić information content (AvgIpc) is 3.75. The molecule has 2 aliphatic carbocycles. The zero-order valence-corrected chi connectivity index (χ0v) is 32.6. The van der Waals surface area contributed by atoms with Crippen LogP contribution in [0.5, 0.6) is 0 Å². The average molecular weight is 736 g/mol. The predicted molar refractivity (Wildman–Crippen MR) is 240 cm³/mol. The summed E-state index contributed by atoms with van der Waals surface area (Å²) in [6, 6.07) is 63.0. The molecule has 1 heterocycles. The van der Waals surface area contributed by atoms with Gasteiger partial charge in [-0.1, -0.05) is 161 Å². The van der Waals surface area contributed by atoms with Crippen LogP contribution < -0.4 is 4.90 Å². The summed E-state index contributed by atoms with van der Waals surface area (Å²) >= 11 is 0. The monoisotopic (exact) mass is 735 g/mol. The molecule has 0 unspecified atom stereocenters. The quantitative estimate of drug-likeness (QED) is 0.169. The molecule has 8 aromatic carbocycles. The Morgan fingerprint density at radius 3 is 1.98 bits per heavy atom. The van der Waals surface area contributed by atoms with E-state index in [9.17, 15) is 0 Å². The van der Waals surface area contributed by atoms with E-state index in [-0.39, 0.29) is 5.41 Å². The second kappa shape index (κ2) is 13.4. The Bertz CT molecular complexity index is 2990. The van der Waals surface area contributed by atoms with Gasteiger partial charge in [0.2, 0.25) is 0 Å². The number of benzene rings is 8. The van der Waals surface area contributed by atoms with E-state index in [1.165, 1.54) is 81.8 Å². The predicted octanol–water partition coefficient (Wildman–Crippen LogP) is 15.9.